The van der Waals surface area contributed by atoms with Crippen molar-refractivity contribution in [1.29, 1.82) is 0 Å². The van der Waals surface area contributed by atoms with Crippen LogP contribution < -0.4 is 0 Å². The van der Waals surface area contributed by atoms with Gasteiger partial charge in [-0.1, -0.05) is 48.0 Å². The van der Waals surface area contributed by atoms with Crippen LogP contribution in [0.3, 0.4) is 0 Å². The first kappa shape index (κ1) is 15.3. The van der Waals surface area contributed by atoms with E-state index < -0.39 is 0 Å². The first-order valence-corrected chi connectivity index (χ1v) is 8.52. The van der Waals surface area contributed by atoms with Crippen LogP contribution in [-0.2, 0) is 11.3 Å². The summed E-state index contributed by atoms with van der Waals surface area (Å²) >= 11 is 3.61. The third kappa shape index (κ3) is 3.43. The average Bonchev–Trinajstić information content (AvgIpc) is 3.09. The van der Waals surface area contributed by atoms with Gasteiger partial charge >= 0.3 is 0 Å². The van der Waals surface area contributed by atoms with Crippen molar-refractivity contribution in [3.63, 3.8) is 0 Å². The van der Waals surface area contributed by atoms with Crippen LogP contribution in [0.15, 0.2) is 52.1 Å². The normalized spacial score (nSPS) is 17.6. The van der Waals surface area contributed by atoms with Crippen LogP contribution in [0.1, 0.15) is 31.5 Å². The Morgan fingerprint density at radius 3 is 2.86 bits per heavy atom. The third-order valence-corrected chi connectivity index (χ3v) is 4.58. The van der Waals surface area contributed by atoms with Crippen LogP contribution in [0.2, 0.25) is 0 Å². The highest BCUT2D eigenvalue weighted by Gasteiger charge is 2.22. The highest BCUT2D eigenvalue weighted by atomic mass is 79.9. The van der Waals surface area contributed by atoms with Crippen molar-refractivity contribution in [2.24, 2.45) is 10.9 Å². The second kappa shape index (κ2) is 6.69. The topological polar surface area (TPSA) is 26.5 Å². The molecule has 0 bridgehead atoms. The number of hydrogen-bond donors (Lipinski definition) is 0. The monoisotopic (exact) mass is 360 g/mol. The molecule has 3 nitrogen and oxygen atoms in total. The van der Waals surface area contributed by atoms with E-state index in [1.165, 1.54) is 5.56 Å². The molecule has 2 heterocycles. The molecule has 1 atom stereocenters. The van der Waals surface area contributed by atoms with Gasteiger partial charge in [0.2, 0.25) is 5.90 Å². The quantitative estimate of drug-likeness (QED) is 0.771. The molecule has 0 saturated carbocycles. The Morgan fingerprint density at radius 2 is 2.09 bits per heavy atom. The number of aliphatic imine (C=N–C) groups is 1. The molecule has 0 aliphatic carbocycles. The summed E-state index contributed by atoms with van der Waals surface area (Å²) in [5, 5.41) is 0. The lowest BCUT2D eigenvalue weighted by Crippen LogP contribution is -2.11. The SMILES string of the molecule is CC(C)CC1COC(c2cccn2Cc2ccccc2Br)=N1. The molecule has 22 heavy (non-hydrogen) atoms. The van der Waals surface area contributed by atoms with Crippen molar-refractivity contribution in [2.75, 3.05) is 6.61 Å². The smallest absolute Gasteiger partial charge is 0.233 e. The molecule has 116 valence electrons. The molecular weight excluding hydrogens is 340 g/mol. The molecule has 1 aromatic heterocycles. The Morgan fingerprint density at radius 1 is 1.27 bits per heavy atom. The van der Waals surface area contributed by atoms with Gasteiger partial charge < -0.3 is 9.30 Å². The summed E-state index contributed by atoms with van der Waals surface area (Å²) in [4.78, 5) is 4.76. The molecule has 0 N–H and O–H groups in total. The average molecular weight is 361 g/mol. The predicted molar refractivity (Wildman–Crippen MR) is 93.4 cm³/mol. The second-order valence-electron chi connectivity index (χ2n) is 6.14. The third-order valence-electron chi connectivity index (χ3n) is 3.80. The van der Waals surface area contributed by atoms with Crippen molar-refractivity contribution in [3.8, 4) is 0 Å². The van der Waals surface area contributed by atoms with E-state index in [-0.39, 0.29) is 0 Å². The van der Waals surface area contributed by atoms with Gasteiger partial charge in [-0.2, -0.15) is 0 Å². The number of rotatable bonds is 5. The summed E-state index contributed by atoms with van der Waals surface area (Å²) in [6, 6.07) is 12.7. The molecular formula is C18H21BrN2O. The van der Waals surface area contributed by atoms with Gasteiger partial charge in [0.1, 0.15) is 12.3 Å². The van der Waals surface area contributed by atoms with Crippen molar-refractivity contribution in [2.45, 2.75) is 32.9 Å². The Hall–Kier alpha value is -1.55. The molecule has 1 unspecified atom stereocenters. The summed E-state index contributed by atoms with van der Waals surface area (Å²) in [7, 11) is 0. The van der Waals surface area contributed by atoms with E-state index in [1.54, 1.807) is 0 Å². The fourth-order valence-corrected chi connectivity index (χ4v) is 3.19. The lowest BCUT2D eigenvalue weighted by Gasteiger charge is -2.10. The van der Waals surface area contributed by atoms with Crippen LogP contribution >= 0.6 is 15.9 Å². The van der Waals surface area contributed by atoms with E-state index in [1.807, 2.05) is 12.1 Å². The van der Waals surface area contributed by atoms with Crippen LogP contribution in [0.5, 0.6) is 0 Å². The van der Waals surface area contributed by atoms with Gasteiger partial charge in [0.25, 0.3) is 0 Å². The summed E-state index contributed by atoms with van der Waals surface area (Å²) in [5.74, 6) is 1.42. The Kier molecular flexibility index (Phi) is 4.67. The van der Waals surface area contributed by atoms with E-state index in [9.17, 15) is 0 Å². The van der Waals surface area contributed by atoms with Crippen LogP contribution in [0.25, 0.3) is 0 Å². The summed E-state index contributed by atoms with van der Waals surface area (Å²) < 4.78 is 9.15. The van der Waals surface area contributed by atoms with E-state index in [0.29, 0.717) is 18.6 Å². The van der Waals surface area contributed by atoms with Crippen molar-refractivity contribution >= 4 is 21.8 Å². The molecule has 1 aromatic carbocycles. The molecule has 0 saturated heterocycles. The van der Waals surface area contributed by atoms with Gasteiger partial charge in [0.15, 0.2) is 0 Å². The van der Waals surface area contributed by atoms with Gasteiger partial charge in [0.05, 0.1) is 6.04 Å². The number of halogens is 1. The number of hydrogen-bond acceptors (Lipinski definition) is 2. The first-order chi connectivity index (χ1) is 10.6. The van der Waals surface area contributed by atoms with Gasteiger partial charge in [-0.3, -0.25) is 0 Å². The molecule has 3 rings (SSSR count). The first-order valence-electron chi connectivity index (χ1n) is 7.73. The lowest BCUT2D eigenvalue weighted by atomic mass is 10.1. The van der Waals surface area contributed by atoms with Crippen LogP contribution in [-0.4, -0.2) is 23.1 Å². The maximum absolute atomic E-state index is 5.84. The minimum absolute atomic E-state index is 0.293. The number of benzene rings is 1. The highest BCUT2D eigenvalue weighted by Crippen LogP contribution is 2.21. The fourth-order valence-electron chi connectivity index (χ4n) is 2.78. The minimum atomic E-state index is 0.293. The molecule has 0 spiro atoms. The Bertz CT molecular complexity index is 675. The molecule has 1 aliphatic rings. The maximum atomic E-state index is 5.84. The van der Waals surface area contributed by atoms with E-state index in [0.717, 1.165) is 29.0 Å². The van der Waals surface area contributed by atoms with E-state index in [2.05, 4.69) is 64.8 Å². The second-order valence-corrected chi connectivity index (χ2v) is 7.00. The summed E-state index contributed by atoms with van der Waals surface area (Å²) in [5.41, 5.74) is 2.30. The molecule has 2 aromatic rings. The lowest BCUT2D eigenvalue weighted by molar-refractivity contribution is 0.300. The summed E-state index contributed by atoms with van der Waals surface area (Å²) in [6.07, 6.45) is 3.16. The van der Waals surface area contributed by atoms with Crippen molar-refractivity contribution in [3.05, 3.63) is 58.3 Å². The molecule has 0 amide bonds. The zero-order chi connectivity index (χ0) is 15.5. The number of aromatic nitrogens is 1. The van der Waals surface area contributed by atoms with Gasteiger partial charge in [0, 0.05) is 17.2 Å². The fraction of sp³-hybridized carbons (Fsp3) is 0.389. The highest BCUT2D eigenvalue weighted by molar-refractivity contribution is 9.10. The van der Waals surface area contributed by atoms with Gasteiger partial charge in [-0.05, 0) is 36.1 Å². The maximum Gasteiger partial charge on any atom is 0.233 e. The summed E-state index contributed by atoms with van der Waals surface area (Å²) in [6.45, 7) is 5.96. The predicted octanol–water partition coefficient (Wildman–Crippen LogP) is 4.49. The minimum Gasteiger partial charge on any atom is -0.474 e. The number of ether oxygens (including phenoxy) is 1. The van der Waals surface area contributed by atoms with Crippen molar-refractivity contribution < 1.29 is 4.74 Å². The molecule has 0 radical (unpaired) electrons. The molecule has 1 aliphatic heterocycles. The van der Waals surface area contributed by atoms with E-state index in [4.69, 9.17) is 9.73 Å². The number of nitrogens with zero attached hydrogens (tertiary/aromatic N) is 2. The zero-order valence-corrected chi connectivity index (χ0v) is 14.6. The molecule has 4 heteroatoms. The van der Waals surface area contributed by atoms with Gasteiger partial charge in [-0.25, -0.2) is 4.99 Å². The zero-order valence-electron chi connectivity index (χ0n) is 13.0. The Balaban J connectivity index is 1.80. The van der Waals surface area contributed by atoms with Crippen LogP contribution in [0, 0.1) is 5.92 Å². The van der Waals surface area contributed by atoms with Gasteiger partial charge in [-0.15, -0.1) is 0 Å². The van der Waals surface area contributed by atoms with Crippen molar-refractivity contribution in [1.82, 2.24) is 4.57 Å². The Labute approximate surface area is 140 Å². The standard InChI is InChI=1S/C18H21BrN2O/c1-13(2)10-15-12-22-18(20-15)17-8-5-9-21(17)11-14-6-3-4-7-16(14)19/h3-9,13,15H,10-12H2,1-2H3. The van der Waals surface area contributed by atoms with Crippen LogP contribution in [0.4, 0.5) is 0 Å². The largest absolute Gasteiger partial charge is 0.474 e. The van der Waals surface area contributed by atoms with E-state index >= 15 is 0 Å². The molecule has 0 fully saturated rings.